The SMILES string of the molecule is CCOC(=O)/C=C/C(=O)OCC(=O)Nc1ccc(C(N)=O)cc1. The van der Waals surface area contributed by atoms with Crippen molar-refractivity contribution < 1.29 is 28.7 Å². The minimum absolute atomic E-state index is 0.190. The largest absolute Gasteiger partial charge is 0.463 e. The number of hydrogen-bond donors (Lipinski definition) is 2. The Hall–Kier alpha value is -3.16. The number of carbonyl (C=O) groups excluding carboxylic acids is 4. The zero-order valence-electron chi connectivity index (χ0n) is 12.4. The van der Waals surface area contributed by atoms with Crippen LogP contribution in [-0.2, 0) is 23.9 Å². The van der Waals surface area contributed by atoms with Gasteiger partial charge in [0.15, 0.2) is 6.61 Å². The molecule has 8 nitrogen and oxygen atoms in total. The molecule has 0 unspecified atom stereocenters. The van der Waals surface area contributed by atoms with Crippen LogP contribution in [0.1, 0.15) is 17.3 Å². The van der Waals surface area contributed by atoms with E-state index in [1.165, 1.54) is 24.3 Å². The lowest BCUT2D eigenvalue weighted by Crippen LogP contribution is -2.20. The van der Waals surface area contributed by atoms with Crippen molar-refractivity contribution in [3.63, 3.8) is 0 Å². The molecule has 3 N–H and O–H groups in total. The lowest BCUT2D eigenvalue weighted by molar-refractivity contribution is -0.143. The zero-order valence-corrected chi connectivity index (χ0v) is 12.4. The highest BCUT2D eigenvalue weighted by Crippen LogP contribution is 2.08. The quantitative estimate of drug-likeness (QED) is 0.553. The molecule has 0 aliphatic heterocycles. The van der Waals surface area contributed by atoms with Gasteiger partial charge in [0, 0.05) is 23.4 Å². The Morgan fingerprint density at radius 2 is 1.61 bits per heavy atom. The lowest BCUT2D eigenvalue weighted by atomic mass is 10.2. The zero-order chi connectivity index (χ0) is 17.2. The summed E-state index contributed by atoms with van der Waals surface area (Å²) in [6.07, 6.45) is 1.78. The molecular formula is C15H16N2O6. The Morgan fingerprint density at radius 3 is 2.13 bits per heavy atom. The maximum absolute atomic E-state index is 11.6. The van der Waals surface area contributed by atoms with Crippen LogP contribution in [0, 0.1) is 0 Å². The third-order valence-corrected chi connectivity index (χ3v) is 2.44. The van der Waals surface area contributed by atoms with Crippen molar-refractivity contribution in [3.05, 3.63) is 42.0 Å². The smallest absolute Gasteiger partial charge is 0.331 e. The molecule has 8 heteroatoms. The number of amides is 2. The van der Waals surface area contributed by atoms with Gasteiger partial charge in [0.1, 0.15) is 0 Å². The maximum Gasteiger partial charge on any atom is 0.331 e. The molecule has 0 saturated heterocycles. The molecule has 0 saturated carbocycles. The lowest BCUT2D eigenvalue weighted by Gasteiger charge is -2.05. The molecule has 0 aliphatic carbocycles. The summed E-state index contributed by atoms with van der Waals surface area (Å²) in [5, 5.41) is 2.46. The Kier molecular flexibility index (Phi) is 6.99. The van der Waals surface area contributed by atoms with E-state index in [9.17, 15) is 19.2 Å². The minimum Gasteiger partial charge on any atom is -0.463 e. The van der Waals surface area contributed by atoms with Crippen molar-refractivity contribution in [3.8, 4) is 0 Å². The molecule has 0 radical (unpaired) electrons. The number of hydrogen-bond acceptors (Lipinski definition) is 6. The van der Waals surface area contributed by atoms with Gasteiger partial charge in [0.05, 0.1) is 6.61 Å². The molecule has 1 rings (SSSR count). The van der Waals surface area contributed by atoms with Gasteiger partial charge in [-0.1, -0.05) is 0 Å². The van der Waals surface area contributed by atoms with Crippen LogP contribution in [-0.4, -0.2) is 37.0 Å². The minimum atomic E-state index is -0.850. The molecule has 0 spiro atoms. The second kappa shape index (κ2) is 8.98. The number of carbonyl (C=O) groups is 4. The molecule has 0 atom stereocenters. The number of rotatable bonds is 7. The summed E-state index contributed by atoms with van der Waals surface area (Å²) in [4.78, 5) is 44.7. The Labute approximate surface area is 132 Å². The van der Waals surface area contributed by atoms with Crippen molar-refractivity contribution in [2.75, 3.05) is 18.5 Å². The van der Waals surface area contributed by atoms with Gasteiger partial charge in [-0.15, -0.1) is 0 Å². The van der Waals surface area contributed by atoms with Crippen LogP contribution in [0.4, 0.5) is 5.69 Å². The third-order valence-electron chi connectivity index (χ3n) is 2.44. The Balaban J connectivity index is 2.40. The predicted molar refractivity (Wildman–Crippen MR) is 80.3 cm³/mol. The first-order chi connectivity index (χ1) is 10.9. The summed E-state index contributed by atoms with van der Waals surface area (Å²) in [6.45, 7) is 1.29. The number of anilines is 1. The predicted octanol–water partition coefficient (Wildman–Crippen LogP) is 0.386. The van der Waals surface area contributed by atoms with Crippen LogP contribution in [0.3, 0.4) is 0 Å². The fourth-order valence-corrected chi connectivity index (χ4v) is 1.43. The number of ether oxygens (including phenoxy) is 2. The van der Waals surface area contributed by atoms with Crippen LogP contribution >= 0.6 is 0 Å². The normalized spacial score (nSPS) is 10.1. The second-order valence-corrected chi connectivity index (χ2v) is 4.18. The van der Waals surface area contributed by atoms with Crippen molar-refractivity contribution >= 4 is 29.4 Å². The van der Waals surface area contributed by atoms with Gasteiger partial charge in [-0.3, -0.25) is 9.59 Å². The molecule has 0 aliphatic rings. The number of primary amides is 1. The first-order valence-corrected chi connectivity index (χ1v) is 6.63. The molecule has 1 aromatic rings. The molecule has 0 bridgehead atoms. The second-order valence-electron chi connectivity index (χ2n) is 4.18. The first kappa shape index (κ1) is 17.9. The molecule has 122 valence electrons. The van der Waals surface area contributed by atoms with Crippen molar-refractivity contribution in [2.24, 2.45) is 5.73 Å². The van der Waals surface area contributed by atoms with Gasteiger partial charge in [-0.2, -0.15) is 0 Å². The number of benzene rings is 1. The maximum atomic E-state index is 11.6. The van der Waals surface area contributed by atoms with E-state index in [2.05, 4.69) is 14.8 Å². The molecule has 1 aromatic carbocycles. The summed E-state index contributed by atoms with van der Waals surface area (Å²) < 4.78 is 9.22. The Bertz CT molecular complexity index is 621. The van der Waals surface area contributed by atoms with Gasteiger partial charge in [0.2, 0.25) is 5.91 Å². The van der Waals surface area contributed by atoms with Gasteiger partial charge in [-0.05, 0) is 31.2 Å². The van der Waals surface area contributed by atoms with Crippen LogP contribution in [0.25, 0.3) is 0 Å². The average Bonchev–Trinajstić information content (AvgIpc) is 2.51. The van der Waals surface area contributed by atoms with Crippen LogP contribution in [0.5, 0.6) is 0 Å². The molecule has 0 fully saturated rings. The van der Waals surface area contributed by atoms with Crippen LogP contribution < -0.4 is 11.1 Å². The molecule has 23 heavy (non-hydrogen) atoms. The number of esters is 2. The van der Waals surface area contributed by atoms with E-state index in [0.717, 1.165) is 12.2 Å². The fourth-order valence-electron chi connectivity index (χ4n) is 1.43. The van der Waals surface area contributed by atoms with Crippen molar-refractivity contribution in [1.82, 2.24) is 0 Å². The van der Waals surface area contributed by atoms with Crippen molar-refractivity contribution in [2.45, 2.75) is 6.92 Å². The van der Waals surface area contributed by atoms with Gasteiger partial charge < -0.3 is 20.5 Å². The molecule has 2 amide bonds. The van der Waals surface area contributed by atoms with E-state index in [1.54, 1.807) is 6.92 Å². The summed E-state index contributed by atoms with van der Waals surface area (Å²) in [5.74, 6) is -2.68. The summed E-state index contributed by atoms with van der Waals surface area (Å²) in [5.41, 5.74) is 5.81. The van der Waals surface area contributed by atoms with E-state index < -0.39 is 30.4 Å². The van der Waals surface area contributed by atoms with Crippen LogP contribution in [0.15, 0.2) is 36.4 Å². The van der Waals surface area contributed by atoms with Crippen LogP contribution in [0.2, 0.25) is 0 Å². The standard InChI is InChI=1S/C15H16N2O6/c1-2-22-13(19)7-8-14(20)23-9-12(18)17-11-5-3-10(4-6-11)15(16)21/h3-8H,2,9H2,1H3,(H2,16,21)(H,17,18)/b8-7+. The van der Waals surface area contributed by atoms with E-state index in [0.29, 0.717) is 11.3 Å². The third kappa shape index (κ3) is 6.89. The highest BCUT2D eigenvalue weighted by Gasteiger charge is 2.07. The van der Waals surface area contributed by atoms with Gasteiger partial charge in [0.25, 0.3) is 5.91 Å². The Morgan fingerprint density at radius 1 is 1.04 bits per heavy atom. The van der Waals surface area contributed by atoms with E-state index in [1.807, 2.05) is 0 Å². The van der Waals surface area contributed by atoms with Gasteiger partial charge >= 0.3 is 11.9 Å². The first-order valence-electron chi connectivity index (χ1n) is 6.63. The topological polar surface area (TPSA) is 125 Å². The summed E-state index contributed by atoms with van der Waals surface area (Å²) >= 11 is 0. The fraction of sp³-hybridized carbons (Fsp3) is 0.200. The number of nitrogens with two attached hydrogens (primary N) is 1. The number of nitrogens with one attached hydrogen (secondary N) is 1. The highest BCUT2D eigenvalue weighted by atomic mass is 16.5. The molecular weight excluding hydrogens is 304 g/mol. The molecule has 0 aromatic heterocycles. The van der Waals surface area contributed by atoms with E-state index >= 15 is 0 Å². The monoisotopic (exact) mass is 320 g/mol. The summed E-state index contributed by atoms with van der Waals surface area (Å²) in [7, 11) is 0. The van der Waals surface area contributed by atoms with Crippen molar-refractivity contribution in [1.29, 1.82) is 0 Å². The van der Waals surface area contributed by atoms with E-state index in [4.69, 9.17) is 5.73 Å². The van der Waals surface area contributed by atoms with Gasteiger partial charge in [-0.25, -0.2) is 9.59 Å². The highest BCUT2D eigenvalue weighted by molar-refractivity contribution is 5.96. The average molecular weight is 320 g/mol. The summed E-state index contributed by atoms with van der Waals surface area (Å²) in [6, 6.07) is 5.87. The van der Waals surface area contributed by atoms with E-state index in [-0.39, 0.29) is 6.61 Å². The molecule has 0 heterocycles.